The van der Waals surface area contributed by atoms with E-state index in [4.69, 9.17) is 5.73 Å². The van der Waals surface area contributed by atoms with Crippen LogP contribution >= 0.6 is 0 Å². The van der Waals surface area contributed by atoms with Crippen LogP contribution in [0.15, 0.2) is 12.2 Å². The van der Waals surface area contributed by atoms with Crippen LogP contribution in [0.25, 0.3) is 0 Å². The van der Waals surface area contributed by atoms with Crippen molar-refractivity contribution in [3.05, 3.63) is 12.2 Å². The Morgan fingerprint density at radius 1 is 1.55 bits per heavy atom. The van der Waals surface area contributed by atoms with Gasteiger partial charge in [-0.1, -0.05) is 12.5 Å². The maximum Gasteiger partial charge on any atom is 0.159 e. The van der Waals surface area contributed by atoms with Crippen LogP contribution in [-0.4, -0.2) is 11.8 Å². The summed E-state index contributed by atoms with van der Waals surface area (Å²) in [6, 6.07) is 0.110. The molecule has 0 spiro atoms. The van der Waals surface area contributed by atoms with Gasteiger partial charge in [-0.2, -0.15) is 0 Å². The highest BCUT2D eigenvalue weighted by atomic mass is 16.1. The summed E-state index contributed by atoms with van der Waals surface area (Å²) in [4.78, 5) is 11.3. The average Bonchev–Trinajstić information content (AvgIpc) is 2.36. The Bertz CT molecular complexity index is 174. The second-order valence-corrected chi connectivity index (χ2v) is 3.10. The maximum atomic E-state index is 11.3. The Balaban J connectivity index is 2.52. The first kappa shape index (κ1) is 8.47. The summed E-state index contributed by atoms with van der Waals surface area (Å²) in [6.45, 7) is 1.86. The quantitative estimate of drug-likeness (QED) is 0.607. The highest BCUT2D eigenvalue weighted by Gasteiger charge is 2.28. The lowest BCUT2D eigenvalue weighted by Gasteiger charge is -2.10. The van der Waals surface area contributed by atoms with Gasteiger partial charge in [0, 0.05) is 12.0 Å². The molecule has 0 radical (unpaired) electrons. The second kappa shape index (κ2) is 3.67. The van der Waals surface area contributed by atoms with E-state index in [0.29, 0.717) is 0 Å². The minimum Gasteiger partial charge on any atom is -0.327 e. The highest BCUT2D eigenvalue weighted by Crippen LogP contribution is 2.24. The monoisotopic (exact) mass is 153 g/mol. The van der Waals surface area contributed by atoms with Gasteiger partial charge >= 0.3 is 0 Å². The Morgan fingerprint density at radius 3 is 2.73 bits per heavy atom. The first-order valence-electron chi connectivity index (χ1n) is 4.18. The summed E-state index contributed by atoms with van der Waals surface area (Å²) in [5.74, 6) is 0.309. The van der Waals surface area contributed by atoms with Crippen molar-refractivity contribution in [2.75, 3.05) is 0 Å². The first-order valence-corrected chi connectivity index (χ1v) is 4.18. The van der Waals surface area contributed by atoms with Gasteiger partial charge in [0.25, 0.3) is 0 Å². The smallest absolute Gasteiger partial charge is 0.159 e. The average molecular weight is 153 g/mol. The number of hydrogen-bond donors (Lipinski definition) is 1. The Kier molecular flexibility index (Phi) is 2.83. The summed E-state index contributed by atoms with van der Waals surface area (Å²) in [7, 11) is 0. The van der Waals surface area contributed by atoms with Crippen molar-refractivity contribution in [1.82, 2.24) is 0 Å². The lowest BCUT2D eigenvalue weighted by Crippen LogP contribution is -2.29. The summed E-state index contributed by atoms with van der Waals surface area (Å²) in [5.41, 5.74) is 5.76. The molecule has 0 saturated heterocycles. The summed E-state index contributed by atoms with van der Waals surface area (Å²) < 4.78 is 0. The number of ketones is 1. The van der Waals surface area contributed by atoms with Crippen LogP contribution in [0.3, 0.4) is 0 Å². The van der Waals surface area contributed by atoms with E-state index >= 15 is 0 Å². The normalized spacial score (nSPS) is 31.5. The van der Waals surface area contributed by atoms with E-state index in [2.05, 4.69) is 0 Å². The number of carbonyl (C=O) groups excluding carboxylic acids is 1. The van der Waals surface area contributed by atoms with Crippen molar-refractivity contribution in [3.8, 4) is 0 Å². The number of allylic oxidation sites excluding steroid dienone is 2. The predicted octanol–water partition coefficient (Wildman–Crippen LogP) is 1.26. The van der Waals surface area contributed by atoms with E-state index in [1.165, 1.54) is 0 Å². The second-order valence-electron chi connectivity index (χ2n) is 3.10. The molecular weight excluding hydrogens is 138 g/mol. The van der Waals surface area contributed by atoms with E-state index in [-0.39, 0.29) is 17.7 Å². The molecule has 2 N–H and O–H groups in total. The van der Waals surface area contributed by atoms with E-state index < -0.39 is 0 Å². The van der Waals surface area contributed by atoms with Gasteiger partial charge in [0.05, 0.1) is 0 Å². The van der Waals surface area contributed by atoms with Crippen LogP contribution < -0.4 is 5.73 Å². The van der Waals surface area contributed by atoms with E-state index in [9.17, 15) is 4.79 Å². The molecule has 1 saturated carbocycles. The minimum atomic E-state index is 0.103. The van der Waals surface area contributed by atoms with Crippen LogP contribution in [0.1, 0.15) is 26.2 Å². The fourth-order valence-electron chi connectivity index (χ4n) is 1.63. The fourth-order valence-corrected chi connectivity index (χ4v) is 1.63. The zero-order valence-corrected chi connectivity index (χ0v) is 6.92. The van der Waals surface area contributed by atoms with Gasteiger partial charge in [-0.15, -0.1) is 0 Å². The van der Waals surface area contributed by atoms with Crippen LogP contribution in [0.4, 0.5) is 0 Å². The fraction of sp³-hybridized carbons (Fsp3) is 0.667. The number of nitrogens with two attached hydrogens (primary N) is 1. The Hall–Kier alpha value is -0.630. The Morgan fingerprint density at radius 2 is 2.27 bits per heavy atom. The largest absolute Gasteiger partial charge is 0.327 e. The van der Waals surface area contributed by atoms with Crippen LogP contribution in [0.2, 0.25) is 0 Å². The molecule has 0 aromatic carbocycles. The molecule has 62 valence electrons. The molecule has 1 fully saturated rings. The molecule has 0 amide bonds. The molecule has 0 aliphatic heterocycles. The molecule has 11 heavy (non-hydrogen) atoms. The molecule has 0 heterocycles. The van der Waals surface area contributed by atoms with Crippen molar-refractivity contribution >= 4 is 5.78 Å². The molecule has 1 rings (SSSR count). The topological polar surface area (TPSA) is 43.1 Å². The molecule has 1 aliphatic carbocycles. The van der Waals surface area contributed by atoms with Gasteiger partial charge in [-0.25, -0.2) is 0 Å². The zero-order chi connectivity index (χ0) is 8.27. The highest BCUT2D eigenvalue weighted by molar-refractivity contribution is 5.92. The van der Waals surface area contributed by atoms with Gasteiger partial charge in [0.1, 0.15) is 0 Å². The van der Waals surface area contributed by atoms with Gasteiger partial charge in [-0.05, 0) is 25.8 Å². The van der Waals surface area contributed by atoms with Crippen LogP contribution in [-0.2, 0) is 4.79 Å². The minimum absolute atomic E-state index is 0.103. The van der Waals surface area contributed by atoms with E-state index in [1.54, 1.807) is 12.2 Å². The van der Waals surface area contributed by atoms with Gasteiger partial charge in [-0.3, -0.25) is 4.79 Å². The summed E-state index contributed by atoms with van der Waals surface area (Å²) >= 11 is 0. The first-order chi connectivity index (χ1) is 5.25. The maximum absolute atomic E-state index is 11.3. The Labute approximate surface area is 67.5 Å². The molecule has 2 nitrogen and oxygen atoms in total. The molecule has 0 aromatic rings. The van der Waals surface area contributed by atoms with Crippen molar-refractivity contribution in [3.63, 3.8) is 0 Å². The summed E-state index contributed by atoms with van der Waals surface area (Å²) in [6.07, 6.45) is 6.51. The third-order valence-electron chi connectivity index (χ3n) is 2.27. The SMILES string of the molecule is C/C=C/C(=O)[C@H]1CCC[C@H]1N. The molecule has 1 aliphatic rings. The van der Waals surface area contributed by atoms with Crippen molar-refractivity contribution in [2.24, 2.45) is 11.7 Å². The third-order valence-corrected chi connectivity index (χ3v) is 2.27. The van der Waals surface area contributed by atoms with Gasteiger partial charge in [0.2, 0.25) is 0 Å². The van der Waals surface area contributed by atoms with Crippen molar-refractivity contribution in [1.29, 1.82) is 0 Å². The number of rotatable bonds is 2. The van der Waals surface area contributed by atoms with Crippen LogP contribution in [0, 0.1) is 5.92 Å². The van der Waals surface area contributed by atoms with Crippen LogP contribution in [0.5, 0.6) is 0 Å². The standard InChI is InChI=1S/C9H15NO/c1-2-4-9(11)7-5-3-6-8(7)10/h2,4,7-8H,3,5-6,10H2,1H3/b4-2+/t7-,8+/m0/s1. The van der Waals surface area contributed by atoms with Crippen molar-refractivity contribution < 1.29 is 4.79 Å². The molecule has 0 bridgehead atoms. The van der Waals surface area contributed by atoms with E-state index in [1.807, 2.05) is 6.92 Å². The molecular formula is C9H15NO. The zero-order valence-electron chi connectivity index (χ0n) is 6.92. The van der Waals surface area contributed by atoms with Crippen molar-refractivity contribution in [2.45, 2.75) is 32.2 Å². The lowest BCUT2D eigenvalue weighted by molar-refractivity contribution is -0.118. The number of carbonyl (C=O) groups is 1. The third kappa shape index (κ3) is 1.90. The molecule has 0 unspecified atom stereocenters. The van der Waals surface area contributed by atoms with Gasteiger partial charge in [0.15, 0.2) is 5.78 Å². The summed E-state index contributed by atoms with van der Waals surface area (Å²) in [5, 5.41) is 0. The lowest BCUT2D eigenvalue weighted by atomic mass is 9.99. The molecule has 2 atom stereocenters. The predicted molar refractivity (Wildman–Crippen MR) is 45.1 cm³/mol. The molecule has 2 heteroatoms. The number of hydrogen-bond acceptors (Lipinski definition) is 2. The van der Waals surface area contributed by atoms with Gasteiger partial charge < -0.3 is 5.73 Å². The van der Waals surface area contributed by atoms with E-state index in [0.717, 1.165) is 19.3 Å². The molecule has 0 aromatic heterocycles.